The topological polar surface area (TPSA) is 93.1 Å². The molecule has 4 aromatic carbocycles. The predicted molar refractivity (Wildman–Crippen MR) is 196 cm³/mol. The average Bonchev–Trinajstić information content (AvgIpc) is 3.99. The van der Waals surface area contributed by atoms with Crippen molar-refractivity contribution in [3.05, 3.63) is 108 Å². The SMILES string of the molecule is CC(C)Oc1ccc(F)c(-c2ccc(C3CC4(C3)CC4C(=O)O)cc2)c1.CC(C)Oc1ccc(F)c(-c2ccc(C3CC4(C3)CC4C(=O)O)cc2)c1. The maximum atomic E-state index is 14.2. The maximum absolute atomic E-state index is 14.2. The Bertz CT molecular complexity index is 1810. The van der Waals surface area contributed by atoms with E-state index in [-0.39, 0.29) is 46.5 Å². The van der Waals surface area contributed by atoms with Crippen molar-refractivity contribution >= 4 is 11.9 Å². The van der Waals surface area contributed by atoms with E-state index in [9.17, 15) is 18.4 Å². The van der Waals surface area contributed by atoms with Gasteiger partial charge in [0.15, 0.2) is 0 Å². The minimum absolute atomic E-state index is 0.0404. The quantitative estimate of drug-likeness (QED) is 0.170. The first-order valence-corrected chi connectivity index (χ1v) is 18.3. The molecule has 2 N–H and O–H groups in total. The second-order valence-electron chi connectivity index (χ2n) is 16.0. The molecule has 2 unspecified atom stereocenters. The van der Waals surface area contributed by atoms with Gasteiger partial charge in [-0.2, -0.15) is 0 Å². The first-order chi connectivity index (χ1) is 24.8. The molecule has 4 aliphatic rings. The van der Waals surface area contributed by atoms with Crippen molar-refractivity contribution in [1.29, 1.82) is 0 Å². The standard InChI is InChI=1S/2C22H23FO3/c2*1-13(2)26-17-7-8-20(23)18(9-17)15-5-3-14(4-6-15)16-10-22(11-16)12-19(22)21(24)25/h2*3-9,13,16,19H,10-12H2,1-2H3,(H,24,25). The van der Waals surface area contributed by atoms with E-state index in [1.807, 2.05) is 76.2 Å². The zero-order chi connectivity index (χ0) is 36.9. The molecular weight excluding hydrogens is 662 g/mol. The number of rotatable bonds is 10. The van der Waals surface area contributed by atoms with Gasteiger partial charge < -0.3 is 19.7 Å². The molecule has 272 valence electrons. The van der Waals surface area contributed by atoms with Crippen LogP contribution in [0.2, 0.25) is 0 Å². The molecule has 4 saturated carbocycles. The molecule has 8 heteroatoms. The molecule has 0 aromatic heterocycles. The van der Waals surface area contributed by atoms with Crippen LogP contribution < -0.4 is 9.47 Å². The summed E-state index contributed by atoms with van der Waals surface area (Å²) in [6.07, 6.45) is 5.54. The van der Waals surface area contributed by atoms with Crippen LogP contribution in [0.1, 0.15) is 89.2 Å². The third kappa shape index (κ3) is 7.17. The third-order valence-corrected chi connectivity index (χ3v) is 11.6. The van der Waals surface area contributed by atoms with Crippen LogP contribution in [0.15, 0.2) is 84.9 Å². The molecule has 8 rings (SSSR count). The van der Waals surface area contributed by atoms with Gasteiger partial charge in [0.25, 0.3) is 0 Å². The summed E-state index contributed by atoms with van der Waals surface area (Å²) in [4.78, 5) is 22.2. The Morgan fingerprint density at radius 3 is 1.21 bits per heavy atom. The number of ether oxygens (including phenoxy) is 2. The van der Waals surface area contributed by atoms with Gasteiger partial charge in [-0.05, 0) is 148 Å². The largest absolute Gasteiger partial charge is 0.491 e. The number of hydrogen-bond acceptors (Lipinski definition) is 4. The van der Waals surface area contributed by atoms with Crippen molar-refractivity contribution in [3.8, 4) is 33.8 Å². The zero-order valence-corrected chi connectivity index (χ0v) is 30.1. The van der Waals surface area contributed by atoms with Crippen LogP contribution in [-0.2, 0) is 9.59 Å². The number of benzene rings is 4. The fourth-order valence-electron chi connectivity index (χ4n) is 8.62. The van der Waals surface area contributed by atoms with Crippen molar-refractivity contribution < 1.29 is 38.1 Å². The van der Waals surface area contributed by atoms with Gasteiger partial charge in [0.05, 0.1) is 24.0 Å². The Morgan fingerprint density at radius 2 is 0.923 bits per heavy atom. The minimum Gasteiger partial charge on any atom is -0.491 e. The van der Waals surface area contributed by atoms with Gasteiger partial charge >= 0.3 is 11.9 Å². The highest BCUT2D eigenvalue weighted by atomic mass is 19.1. The van der Waals surface area contributed by atoms with Gasteiger partial charge in [-0.3, -0.25) is 9.59 Å². The molecule has 6 nitrogen and oxygen atoms in total. The van der Waals surface area contributed by atoms with Crippen molar-refractivity contribution in [2.45, 2.75) is 90.3 Å². The molecule has 52 heavy (non-hydrogen) atoms. The molecular formula is C44H46F2O6. The van der Waals surface area contributed by atoms with Crippen LogP contribution in [0.5, 0.6) is 11.5 Å². The van der Waals surface area contributed by atoms with Crippen LogP contribution in [0.4, 0.5) is 8.78 Å². The molecule has 0 heterocycles. The summed E-state index contributed by atoms with van der Waals surface area (Å²) in [6.45, 7) is 7.77. The Morgan fingerprint density at radius 1 is 0.577 bits per heavy atom. The van der Waals surface area contributed by atoms with E-state index in [1.54, 1.807) is 24.3 Å². The lowest BCUT2D eigenvalue weighted by molar-refractivity contribution is -0.141. The second-order valence-corrected chi connectivity index (χ2v) is 16.0. The van der Waals surface area contributed by atoms with Crippen LogP contribution >= 0.6 is 0 Å². The summed E-state index contributed by atoms with van der Waals surface area (Å²) >= 11 is 0. The molecule has 0 aliphatic heterocycles. The average molecular weight is 709 g/mol. The Labute approximate surface area is 303 Å². The van der Waals surface area contributed by atoms with Gasteiger partial charge in [-0.1, -0.05) is 48.5 Å². The molecule has 2 atom stereocenters. The Kier molecular flexibility index (Phi) is 9.39. The molecule has 4 fully saturated rings. The van der Waals surface area contributed by atoms with Crippen molar-refractivity contribution in [3.63, 3.8) is 0 Å². The number of carbonyl (C=O) groups is 2. The summed E-state index contributed by atoms with van der Waals surface area (Å²) < 4.78 is 39.8. The monoisotopic (exact) mass is 708 g/mol. The summed E-state index contributed by atoms with van der Waals surface area (Å²) in [5.41, 5.74) is 5.26. The first-order valence-electron chi connectivity index (χ1n) is 18.3. The second kappa shape index (κ2) is 13.7. The molecule has 0 bridgehead atoms. The highest BCUT2D eigenvalue weighted by Gasteiger charge is 2.65. The van der Waals surface area contributed by atoms with Crippen LogP contribution in [0, 0.1) is 34.3 Å². The van der Waals surface area contributed by atoms with Crippen molar-refractivity contribution in [1.82, 2.24) is 0 Å². The van der Waals surface area contributed by atoms with E-state index < -0.39 is 11.9 Å². The van der Waals surface area contributed by atoms with Crippen LogP contribution in [-0.4, -0.2) is 34.4 Å². The molecule has 0 radical (unpaired) electrons. The normalized spacial score (nSPS) is 26.6. The molecule has 4 aromatic rings. The zero-order valence-electron chi connectivity index (χ0n) is 30.1. The van der Waals surface area contributed by atoms with Crippen molar-refractivity contribution in [2.24, 2.45) is 22.7 Å². The molecule has 2 spiro atoms. The first kappa shape index (κ1) is 35.7. The van der Waals surface area contributed by atoms with E-state index in [1.165, 1.54) is 23.3 Å². The van der Waals surface area contributed by atoms with E-state index in [2.05, 4.69) is 0 Å². The smallest absolute Gasteiger partial charge is 0.307 e. The number of carboxylic acids is 2. The number of halogens is 2. The summed E-state index contributed by atoms with van der Waals surface area (Å²) in [5.74, 6) is 0.0482. The lowest BCUT2D eigenvalue weighted by Crippen LogP contribution is -2.27. The van der Waals surface area contributed by atoms with E-state index in [4.69, 9.17) is 19.7 Å². The summed E-state index contributed by atoms with van der Waals surface area (Å²) in [5, 5.41) is 18.3. The molecule has 0 saturated heterocycles. The summed E-state index contributed by atoms with van der Waals surface area (Å²) in [6, 6.07) is 25.6. The predicted octanol–water partition coefficient (Wildman–Crippen LogP) is 10.5. The number of carboxylic acid groups (broad SMARTS) is 2. The lowest BCUT2D eigenvalue weighted by Gasteiger charge is -2.37. The van der Waals surface area contributed by atoms with Gasteiger partial charge in [0.2, 0.25) is 0 Å². The summed E-state index contributed by atoms with van der Waals surface area (Å²) in [7, 11) is 0. The van der Waals surface area contributed by atoms with E-state index >= 15 is 0 Å². The number of hydrogen-bond donors (Lipinski definition) is 2. The molecule has 4 aliphatic carbocycles. The molecule has 0 amide bonds. The maximum Gasteiger partial charge on any atom is 0.307 e. The minimum atomic E-state index is -0.655. The van der Waals surface area contributed by atoms with Crippen LogP contribution in [0.3, 0.4) is 0 Å². The number of aliphatic carboxylic acids is 2. The van der Waals surface area contributed by atoms with E-state index in [0.29, 0.717) is 34.5 Å². The highest BCUT2D eigenvalue weighted by Crippen LogP contribution is 2.71. The highest BCUT2D eigenvalue weighted by molar-refractivity contribution is 5.76. The van der Waals surface area contributed by atoms with Gasteiger partial charge in [-0.25, -0.2) is 8.78 Å². The Balaban J connectivity index is 0.000000162. The van der Waals surface area contributed by atoms with Gasteiger partial charge in [0.1, 0.15) is 23.1 Å². The van der Waals surface area contributed by atoms with Crippen LogP contribution in [0.25, 0.3) is 22.3 Å². The fourth-order valence-corrected chi connectivity index (χ4v) is 8.62. The Hall–Kier alpha value is -4.72. The van der Waals surface area contributed by atoms with Gasteiger partial charge in [-0.15, -0.1) is 0 Å². The fraction of sp³-hybridized carbons (Fsp3) is 0.409. The van der Waals surface area contributed by atoms with Crippen molar-refractivity contribution in [2.75, 3.05) is 0 Å². The lowest BCUT2D eigenvalue weighted by atomic mass is 9.67. The van der Waals surface area contributed by atoms with Gasteiger partial charge in [0, 0.05) is 11.1 Å². The third-order valence-electron chi connectivity index (χ3n) is 11.6. The van der Waals surface area contributed by atoms with E-state index in [0.717, 1.165) is 49.7 Å².